The Bertz CT molecular complexity index is 57.0. The Labute approximate surface area is 55.7 Å². The van der Waals surface area contributed by atoms with Crippen LogP contribution in [0.25, 0.3) is 0 Å². The van der Waals surface area contributed by atoms with Crippen molar-refractivity contribution in [2.45, 2.75) is 32.3 Å². The molecule has 0 spiro atoms. The summed E-state index contributed by atoms with van der Waals surface area (Å²) in [5, 5.41) is 16.9. The lowest BCUT2D eigenvalue weighted by molar-refractivity contribution is 0.155. The number of hydroxylamine groups is 1. The van der Waals surface area contributed by atoms with Gasteiger partial charge in [-0.05, 0) is 26.2 Å². The zero-order chi connectivity index (χ0) is 7.11. The van der Waals surface area contributed by atoms with Crippen LogP contribution in [-0.2, 0) is 0 Å². The van der Waals surface area contributed by atoms with E-state index >= 15 is 0 Å². The third kappa shape index (κ3) is 7.88. The van der Waals surface area contributed by atoms with E-state index in [2.05, 4.69) is 5.48 Å². The van der Waals surface area contributed by atoms with Crippen LogP contribution in [0.1, 0.15) is 26.2 Å². The molecule has 0 fully saturated rings. The number of hydrogen-bond acceptors (Lipinski definition) is 3. The predicted octanol–water partition coefficient (Wildman–Crippen LogP) is 0.516. The number of rotatable bonds is 5. The highest BCUT2D eigenvalue weighted by atomic mass is 16.5. The van der Waals surface area contributed by atoms with Gasteiger partial charge in [0.25, 0.3) is 0 Å². The van der Waals surface area contributed by atoms with Crippen molar-refractivity contribution < 1.29 is 10.3 Å². The van der Waals surface area contributed by atoms with Gasteiger partial charge in [0.1, 0.15) is 0 Å². The number of aliphatic hydroxyl groups is 1. The van der Waals surface area contributed by atoms with E-state index in [1.165, 1.54) is 0 Å². The van der Waals surface area contributed by atoms with E-state index in [1.807, 2.05) is 0 Å². The standard InChI is InChI=1S/C6H15NO2/c1-6(8)4-2-3-5-7-9/h6-9H,2-5H2,1H3. The van der Waals surface area contributed by atoms with Gasteiger partial charge in [0.15, 0.2) is 0 Å². The van der Waals surface area contributed by atoms with Crippen LogP contribution in [-0.4, -0.2) is 23.0 Å². The Hall–Kier alpha value is -0.120. The number of nitrogens with one attached hydrogen (secondary N) is 1. The van der Waals surface area contributed by atoms with Gasteiger partial charge in [-0.3, -0.25) is 0 Å². The normalized spacial score (nSPS) is 13.7. The Morgan fingerprint density at radius 3 is 2.56 bits per heavy atom. The molecule has 0 aromatic rings. The van der Waals surface area contributed by atoms with Crippen molar-refractivity contribution in [3.63, 3.8) is 0 Å². The minimum Gasteiger partial charge on any atom is -0.393 e. The van der Waals surface area contributed by atoms with Crippen molar-refractivity contribution in [1.82, 2.24) is 5.48 Å². The fraction of sp³-hybridized carbons (Fsp3) is 1.00. The zero-order valence-corrected chi connectivity index (χ0v) is 5.80. The van der Waals surface area contributed by atoms with Crippen LogP contribution in [0, 0.1) is 0 Å². The Morgan fingerprint density at radius 1 is 1.44 bits per heavy atom. The molecule has 3 heteroatoms. The van der Waals surface area contributed by atoms with Crippen molar-refractivity contribution in [2.75, 3.05) is 6.54 Å². The molecule has 0 amide bonds. The van der Waals surface area contributed by atoms with Gasteiger partial charge in [0.05, 0.1) is 6.10 Å². The van der Waals surface area contributed by atoms with Gasteiger partial charge in [-0.15, -0.1) is 0 Å². The molecule has 0 rings (SSSR count). The maximum absolute atomic E-state index is 8.77. The van der Waals surface area contributed by atoms with E-state index in [-0.39, 0.29) is 6.10 Å². The van der Waals surface area contributed by atoms with Crippen molar-refractivity contribution in [2.24, 2.45) is 0 Å². The van der Waals surface area contributed by atoms with Crippen molar-refractivity contribution in [3.05, 3.63) is 0 Å². The average molecular weight is 133 g/mol. The van der Waals surface area contributed by atoms with Gasteiger partial charge in [-0.25, -0.2) is 5.48 Å². The van der Waals surface area contributed by atoms with Gasteiger partial charge in [-0.1, -0.05) is 0 Å². The first-order valence-corrected chi connectivity index (χ1v) is 3.32. The van der Waals surface area contributed by atoms with Crippen LogP contribution in [0.15, 0.2) is 0 Å². The number of unbranched alkanes of at least 4 members (excludes halogenated alkanes) is 1. The Morgan fingerprint density at radius 2 is 2.11 bits per heavy atom. The molecule has 0 saturated carbocycles. The molecule has 0 aromatic carbocycles. The molecule has 0 aliphatic carbocycles. The molecule has 1 unspecified atom stereocenters. The molecule has 3 N–H and O–H groups in total. The molecule has 0 bridgehead atoms. The molecule has 56 valence electrons. The first-order valence-electron chi connectivity index (χ1n) is 3.32. The maximum atomic E-state index is 8.77. The minimum atomic E-state index is -0.205. The third-order valence-electron chi connectivity index (χ3n) is 1.16. The van der Waals surface area contributed by atoms with Crippen LogP contribution in [0.3, 0.4) is 0 Å². The second-order valence-electron chi connectivity index (χ2n) is 2.25. The number of aliphatic hydroxyl groups excluding tert-OH is 1. The fourth-order valence-electron chi connectivity index (χ4n) is 0.644. The van der Waals surface area contributed by atoms with E-state index in [0.717, 1.165) is 19.3 Å². The quantitative estimate of drug-likeness (QED) is 0.378. The lowest BCUT2D eigenvalue weighted by atomic mass is 10.2. The van der Waals surface area contributed by atoms with E-state index in [4.69, 9.17) is 10.3 Å². The van der Waals surface area contributed by atoms with Crippen molar-refractivity contribution >= 4 is 0 Å². The third-order valence-corrected chi connectivity index (χ3v) is 1.16. The second-order valence-corrected chi connectivity index (χ2v) is 2.25. The SMILES string of the molecule is CC(O)CCCCNO. The summed E-state index contributed by atoms with van der Waals surface area (Å²) in [6.45, 7) is 2.39. The summed E-state index contributed by atoms with van der Waals surface area (Å²) in [5.41, 5.74) is 2.06. The number of hydrogen-bond donors (Lipinski definition) is 3. The molecule has 1 atom stereocenters. The summed E-state index contributed by atoms with van der Waals surface area (Å²) < 4.78 is 0. The summed E-state index contributed by atoms with van der Waals surface area (Å²) in [4.78, 5) is 0. The molecular formula is C6H15NO2. The highest BCUT2D eigenvalue weighted by molar-refractivity contribution is 4.47. The minimum absolute atomic E-state index is 0.205. The smallest absolute Gasteiger partial charge is 0.0512 e. The average Bonchev–Trinajstić information content (AvgIpc) is 1.80. The van der Waals surface area contributed by atoms with Gasteiger partial charge in [0.2, 0.25) is 0 Å². The largest absolute Gasteiger partial charge is 0.393 e. The first-order chi connectivity index (χ1) is 4.27. The highest BCUT2D eigenvalue weighted by Crippen LogP contribution is 1.97. The first kappa shape index (κ1) is 8.88. The molecule has 0 aliphatic heterocycles. The highest BCUT2D eigenvalue weighted by Gasteiger charge is 1.93. The molecule has 0 aromatic heterocycles. The monoisotopic (exact) mass is 133 g/mol. The van der Waals surface area contributed by atoms with Gasteiger partial charge in [0, 0.05) is 6.54 Å². The van der Waals surface area contributed by atoms with Crippen molar-refractivity contribution in [1.29, 1.82) is 0 Å². The van der Waals surface area contributed by atoms with E-state index in [9.17, 15) is 0 Å². The molecule has 0 radical (unpaired) electrons. The Balaban J connectivity index is 2.75. The van der Waals surface area contributed by atoms with Crippen LogP contribution in [0.2, 0.25) is 0 Å². The molecule has 0 heterocycles. The van der Waals surface area contributed by atoms with Crippen molar-refractivity contribution in [3.8, 4) is 0 Å². The van der Waals surface area contributed by atoms with Crippen LogP contribution >= 0.6 is 0 Å². The topological polar surface area (TPSA) is 52.5 Å². The Kier molecular flexibility index (Phi) is 5.93. The fourth-order valence-corrected chi connectivity index (χ4v) is 0.644. The second kappa shape index (κ2) is 6.01. The van der Waals surface area contributed by atoms with Gasteiger partial charge < -0.3 is 10.3 Å². The van der Waals surface area contributed by atoms with Gasteiger partial charge >= 0.3 is 0 Å². The van der Waals surface area contributed by atoms with Crippen LogP contribution < -0.4 is 5.48 Å². The maximum Gasteiger partial charge on any atom is 0.0512 e. The van der Waals surface area contributed by atoms with E-state index in [1.54, 1.807) is 6.92 Å². The summed E-state index contributed by atoms with van der Waals surface area (Å²) in [5.74, 6) is 0. The predicted molar refractivity (Wildman–Crippen MR) is 35.3 cm³/mol. The molecule has 0 saturated heterocycles. The van der Waals surface area contributed by atoms with Gasteiger partial charge in [-0.2, -0.15) is 0 Å². The van der Waals surface area contributed by atoms with Crippen LogP contribution in [0.4, 0.5) is 0 Å². The van der Waals surface area contributed by atoms with Crippen LogP contribution in [0.5, 0.6) is 0 Å². The summed E-state index contributed by atoms with van der Waals surface area (Å²) in [7, 11) is 0. The van der Waals surface area contributed by atoms with E-state index in [0.29, 0.717) is 6.54 Å². The lowest BCUT2D eigenvalue weighted by Crippen LogP contribution is -2.09. The molecular weight excluding hydrogens is 118 g/mol. The lowest BCUT2D eigenvalue weighted by Gasteiger charge is -2.01. The summed E-state index contributed by atoms with van der Waals surface area (Å²) in [6, 6.07) is 0. The summed E-state index contributed by atoms with van der Waals surface area (Å²) in [6.07, 6.45) is 2.50. The summed E-state index contributed by atoms with van der Waals surface area (Å²) >= 11 is 0. The molecule has 0 aliphatic rings. The zero-order valence-electron chi connectivity index (χ0n) is 5.80. The van der Waals surface area contributed by atoms with E-state index < -0.39 is 0 Å². The molecule has 9 heavy (non-hydrogen) atoms. The molecule has 3 nitrogen and oxygen atoms in total.